The highest BCUT2D eigenvalue weighted by Gasteiger charge is 2.13. The van der Waals surface area contributed by atoms with Gasteiger partial charge in [0.05, 0.1) is 13.2 Å². The van der Waals surface area contributed by atoms with E-state index in [9.17, 15) is 4.79 Å². The van der Waals surface area contributed by atoms with Gasteiger partial charge in [-0.3, -0.25) is 9.78 Å². The van der Waals surface area contributed by atoms with Crippen LogP contribution in [0.5, 0.6) is 0 Å². The predicted molar refractivity (Wildman–Crippen MR) is 65.7 cm³/mol. The average molecular weight is 237 g/mol. The highest BCUT2D eigenvalue weighted by molar-refractivity contribution is 5.94. The Hall–Kier alpha value is -1.46. The van der Waals surface area contributed by atoms with E-state index in [1.807, 2.05) is 6.92 Å². The monoisotopic (exact) mass is 237 g/mol. The van der Waals surface area contributed by atoms with Gasteiger partial charge in [0, 0.05) is 37.6 Å². The van der Waals surface area contributed by atoms with Crippen molar-refractivity contribution < 1.29 is 9.53 Å². The second-order valence-corrected chi connectivity index (χ2v) is 3.52. The summed E-state index contributed by atoms with van der Waals surface area (Å²) in [6, 6.07) is 3.43. The van der Waals surface area contributed by atoms with Crippen LogP contribution in [0.2, 0.25) is 0 Å². The number of nitrogens with two attached hydrogens (primary N) is 1. The van der Waals surface area contributed by atoms with Gasteiger partial charge >= 0.3 is 0 Å². The van der Waals surface area contributed by atoms with E-state index in [4.69, 9.17) is 10.5 Å². The van der Waals surface area contributed by atoms with Crippen molar-refractivity contribution in [1.29, 1.82) is 0 Å². The lowest BCUT2D eigenvalue weighted by molar-refractivity contribution is 0.0663. The topological polar surface area (TPSA) is 68.5 Å². The lowest BCUT2D eigenvalue weighted by Crippen LogP contribution is -2.34. The number of hydrogen-bond acceptors (Lipinski definition) is 4. The van der Waals surface area contributed by atoms with Gasteiger partial charge in [-0.25, -0.2) is 0 Å². The molecule has 2 N–H and O–H groups in total. The maximum Gasteiger partial charge on any atom is 0.254 e. The molecule has 0 aliphatic rings. The molecule has 5 heteroatoms. The van der Waals surface area contributed by atoms with Crippen LogP contribution in [0.1, 0.15) is 17.3 Å². The number of amides is 1. The zero-order chi connectivity index (χ0) is 12.5. The Bertz CT molecular complexity index is 330. The van der Waals surface area contributed by atoms with Gasteiger partial charge < -0.3 is 15.4 Å². The molecule has 0 aromatic carbocycles. The molecule has 1 aromatic rings. The Morgan fingerprint density at radius 3 is 2.71 bits per heavy atom. The van der Waals surface area contributed by atoms with Gasteiger partial charge in [0.2, 0.25) is 0 Å². The Balaban J connectivity index is 2.47. The number of pyridine rings is 1. The average Bonchev–Trinajstić information content (AvgIpc) is 2.39. The van der Waals surface area contributed by atoms with Crippen LogP contribution in [0.4, 0.5) is 0 Å². The first kappa shape index (κ1) is 13.6. The van der Waals surface area contributed by atoms with Gasteiger partial charge in [0.1, 0.15) is 0 Å². The summed E-state index contributed by atoms with van der Waals surface area (Å²) in [6.45, 7) is 4.74. The van der Waals surface area contributed by atoms with Gasteiger partial charge in [-0.15, -0.1) is 0 Å². The molecule has 0 bridgehead atoms. The third kappa shape index (κ3) is 4.50. The molecule has 0 radical (unpaired) electrons. The number of hydrogen-bond donors (Lipinski definition) is 1. The number of aromatic nitrogens is 1. The third-order valence-corrected chi connectivity index (χ3v) is 2.36. The first-order valence-corrected chi connectivity index (χ1v) is 5.76. The summed E-state index contributed by atoms with van der Waals surface area (Å²) in [5.41, 5.74) is 5.97. The number of carbonyl (C=O) groups is 1. The Kier molecular flexibility index (Phi) is 6.21. The molecule has 0 saturated heterocycles. The lowest BCUT2D eigenvalue weighted by Gasteiger charge is -2.20. The second-order valence-electron chi connectivity index (χ2n) is 3.52. The van der Waals surface area contributed by atoms with E-state index in [-0.39, 0.29) is 5.91 Å². The standard InChI is InChI=1S/C12H19N3O2/c1-2-15(8-10-17-9-5-13)12(16)11-3-6-14-7-4-11/h3-4,6-7H,2,5,8-10,13H2,1H3. The minimum atomic E-state index is 0.00579. The van der Waals surface area contributed by atoms with Crippen molar-refractivity contribution >= 4 is 5.91 Å². The van der Waals surface area contributed by atoms with Crippen molar-refractivity contribution in [3.63, 3.8) is 0 Å². The van der Waals surface area contributed by atoms with Crippen molar-refractivity contribution in [3.05, 3.63) is 30.1 Å². The van der Waals surface area contributed by atoms with Gasteiger partial charge in [-0.05, 0) is 19.1 Å². The van der Waals surface area contributed by atoms with E-state index in [1.54, 1.807) is 29.4 Å². The molecular formula is C12H19N3O2. The van der Waals surface area contributed by atoms with Crippen molar-refractivity contribution in [2.75, 3.05) is 32.8 Å². The van der Waals surface area contributed by atoms with Crippen LogP contribution < -0.4 is 5.73 Å². The van der Waals surface area contributed by atoms with Gasteiger partial charge in [-0.2, -0.15) is 0 Å². The smallest absolute Gasteiger partial charge is 0.254 e. The minimum absolute atomic E-state index is 0.00579. The van der Waals surface area contributed by atoms with Crippen LogP contribution in [0.15, 0.2) is 24.5 Å². The van der Waals surface area contributed by atoms with Gasteiger partial charge in [-0.1, -0.05) is 0 Å². The molecule has 0 aliphatic carbocycles. The molecule has 5 nitrogen and oxygen atoms in total. The van der Waals surface area contributed by atoms with Gasteiger partial charge in [0.25, 0.3) is 5.91 Å². The predicted octanol–water partition coefficient (Wildman–Crippen LogP) is 0.519. The summed E-state index contributed by atoms with van der Waals surface area (Å²) in [5, 5.41) is 0. The molecular weight excluding hydrogens is 218 g/mol. The number of likely N-dealkylation sites (N-methyl/N-ethyl adjacent to an activating group) is 1. The fourth-order valence-corrected chi connectivity index (χ4v) is 1.44. The first-order chi connectivity index (χ1) is 8.29. The Morgan fingerprint density at radius 2 is 2.12 bits per heavy atom. The normalized spacial score (nSPS) is 10.2. The molecule has 0 aliphatic heterocycles. The van der Waals surface area contributed by atoms with E-state index >= 15 is 0 Å². The summed E-state index contributed by atoms with van der Waals surface area (Å²) in [5.74, 6) is 0.00579. The molecule has 1 heterocycles. The number of nitrogens with zero attached hydrogens (tertiary/aromatic N) is 2. The molecule has 1 rings (SSSR count). The van der Waals surface area contributed by atoms with E-state index in [1.165, 1.54) is 0 Å². The molecule has 17 heavy (non-hydrogen) atoms. The van der Waals surface area contributed by atoms with Crippen molar-refractivity contribution in [2.24, 2.45) is 5.73 Å². The molecule has 0 spiro atoms. The van der Waals surface area contributed by atoms with Gasteiger partial charge in [0.15, 0.2) is 0 Å². The SMILES string of the molecule is CCN(CCOCCN)C(=O)c1ccncc1. The summed E-state index contributed by atoms with van der Waals surface area (Å²) in [7, 11) is 0. The van der Waals surface area contributed by atoms with Crippen LogP contribution in [-0.2, 0) is 4.74 Å². The maximum atomic E-state index is 12.1. The van der Waals surface area contributed by atoms with Crippen LogP contribution in [0.3, 0.4) is 0 Å². The quantitative estimate of drug-likeness (QED) is 0.702. The fourth-order valence-electron chi connectivity index (χ4n) is 1.44. The Labute approximate surface area is 102 Å². The summed E-state index contributed by atoms with van der Waals surface area (Å²) < 4.78 is 5.27. The van der Waals surface area contributed by atoms with Crippen molar-refractivity contribution in [3.8, 4) is 0 Å². The second kappa shape index (κ2) is 7.76. The molecule has 0 saturated carbocycles. The molecule has 0 atom stereocenters. The summed E-state index contributed by atoms with van der Waals surface area (Å²) in [4.78, 5) is 17.7. The van der Waals surface area contributed by atoms with E-state index in [0.717, 1.165) is 0 Å². The zero-order valence-corrected chi connectivity index (χ0v) is 10.1. The molecule has 1 amide bonds. The lowest BCUT2D eigenvalue weighted by atomic mass is 10.2. The number of rotatable bonds is 7. The van der Waals surface area contributed by atoms with Crippen LogP contribution in [0, 0.1) is 0 Å². The fraction of sp³-hybridized carbons (Fsp3) is 0.500. The number of ether oxygens (including phenoxy) is 1. The van der Waals surface area contributed by atoms with Crippen molar-refractivity contribution in [2.45, 2.75) is 6.92 Å². The van der Waals surface area contributed by atoms with E-state index in [2.05, 4.69) is 4.98 Å². The summed E-state index contributed by atoms with van der Waals surface area (Å²) >= 11 is 0. The molecule has 94 valence electrons. The van der Waals surface area contributed by atoms with Crippen LogP contribution in [0.25, 0.3) is 0 Å². The van der Waals surface area contributed by atoms with Crippen LogP contribution >= 0.6 is 0 Å². The molecule has 0 unspecified atom stereocenters. The van der Waals surface area contributed by atoms with E-state index in [0.29, 0.717) is 38.4 Å². The number of carbonyl (C=O) groups excluding carboxylic acids is 1. The maximum absolute atomic E-state index is 12.1. The van der Waals surface area contributed by atoms with E-state index < -0.39 is 0 Å². The Morgan fingerprint density at radius 1 is 1.41 bits per heavy atom. The highest BCUT2D eigenvalue weighted by Crippen LogP contribution is 2.03. The first-order valence-electron chi connectivity index (χ1n) is 5.76. The minimum Gasteiger partial charge on any atom is -0.378 e. The highest BCUT2D eigenvalue weighted by atomic mass is 16.5. The summed E-state index contributed by atoms with van der Waals surface area (Å²) in [6.07, 6.45) is 3.23. The third-order valence-electron chi connectivity index (χ3n) is 2.36. The van der Waals surface area contributed by atoms with Crippen molar-refractivity contribution in [1.82, 2.24) is 9.88 Å². The zero-order valence-electron chi connectivity index (χ0n) is 10.1. The largest absolute Gasteiger partial charge is 0.378 e. The molecule has 0 fully saturated rings. The van der Waals surface area contributed by atoms with Crippen LogP contribution in [-0.4, -0.2) is 48.6 Å². The molecule has 1 aromatic heterocycles.